The molecule has 2 rings (SSSR count). The maximum Gasteiger partial charge on any atom is 0.324 e. The molecule has 20 heavy (non-hydrogen) atoms. The van der Waals surface area contributed by atoms with Gasteiger partial charge in [-0.25, -0.2) is 0 Å². The van der Waals surface area contributed by atoms with Crippen molar-refractivity contribution in [1.29, 1.82) is 0 Å². The van der Waals surface area contributed by atoms with Crippen LogP contribution in [0.5, 0.6) is 12.0 Å². The summed E-state index contributed by atoms with van der Waals surface area (Å²) in [5.41, 5.74) is 0. The first-order valence-corrected chi connectivity index (χ1v) is 7.29. The van der Waals surface area contributed by atoms with E-state index >= 15 is 0 Å². The topological polar surface area (TPSA) is 69.2 Å². The fourth-order valence-corrected chi connectivity index (χ4v) is 2.81. The molecule has 0 amide bonds. The van der Waals surface area contributed by atoms with Gasteiger partial charge in [0.2, 0.25) is 5.95 Å². The minimum absolute atomic E-state index is 0.269. The molecule has 0 bridgehead atoms. The molecule has 1 saturated carbocycles. The molecule has 1 aromatic heterocycles. The molecule has 2 atom stereocenters. The summed E-state index contributed by atoms with van der Waals surface area (Å²) in [4.78, 5) is 12.3. The van der Waals surface area contributed by atoms with Crippen molar-refractivity contribution in [2.45, 2.75) is 39.0 Å². The third-order valence-corrected chi connectivity index (χ3v) is 3.84. The first kappa shape index (κ1) is 14.8. The highest BCUT2D eigenvalue weighted by Crippen LogP contribution is 2.30. The van der Waals surface area contributed by atoms with Crippen LogP contribution in [0.3, 0.4) is 0 Å². The zero-order valence-electron chi connectivity index (χ0n) is 12.6. The first-order valence-electron chi connectivity index (χ1n) is 7.29. The van der Waals surface area contributed by atoms with Gasteiger partial charge in [-0.3, -0.25) is 0 Å². The van der Waals surface area contributed by atoms with Crippen molar-refractivity contribution in [3.05, 3.63) is 0 Å². The van der Waals surface area contributed by atoms with E-state index in [0.29, 0.717) is 5.95 Å². The van der Waals surface area contributed by atoms with Crippen molar-refractivity contribution < 1.29 is 9.47 Å². The summed E-state index contributed by atoms with van der Waals surface area (Å²) in [6, 6.07) is 0.538. The van der Waals surface area contributed by atoms with Crippen LogP contribution in [-0.4, -0.2) is 35.7 Å². The second-order valence-corrected chi connectivity index (χ2v) is 5.49. The molecule has 0 aliphatic heterocycles. The highest BCUT2D eigenvalue weighted by Gasteiger charge is 2.18. The number of nitrogens with zero attached hydrogens (tertiary/aromatic N) is 3. The van der Waals surface area contributed by atoms with Crippen LogP contribution in [0.1, 0.15) is 39.0 Å². The van der Waals surface area contributed by atoms with E-state index in [1.54, 1.807) is 0 Å². The Kier molecular flexibility index (Phi) is 5.38. The minimum Gasteiger partial charge on any atom is -0.467 e. The lowest BCUT2D eigenvalue weighted by Gasteiger charge is -2.26. The lowest BCUT2D eigenvalue weighted by Crippen LogP contribution is -2.17. The molecule has 0 aromatic carbocycles. The SMILES string of the molecule is COc1nc(NCCC2CCCC(C)C2)nc(OC)n1. The zero-order chi connectivity index (χ0) is 14.4. The Morgan fingerprint density at radius 2 is 1.80 bits per heavy atom. The molecule has 2 unspecified atom stereocenters. The van der Waals surface area contributed by atoms with E-state index in [9.17, 15) is 0 Å². The van der Waals surface area contributed by atoms with Crippen molar-refractivity contribution in [2.75, 3.05) is 26.1 Å². The lowest BCUT2D eigenvalue weighted by atomic mass is 9.81. The molecule has 0 spiro atoms. The van der Waals surface area contributed by atoms with Crippen LogP contribution in [0.25, 0.3) is 0 Å². The number of aromatic nitrogens is 3. The Bertz CT molecular complexity index is 405. The summed E-state index contributed by atoms with van der Waals surface area (Å²) >= 11 is 0. The Morgan fingerprint density at radius 3 is 2.40 bits per heavy atom. The maximum atomic E-state index is 5.03. The fraction of sp³-hybridized carbons (Fsp3) is 0.786. The van der Waals surface area contributed by atoms with Crippen molar-refractivity contribution in [3.63, 3.8) is 0 Å². The van der Waals surface area contributed by atoms with E-state index in [4.69, 9.17) is 9.47 Å². The van der Waals surface area contributed by atoms with Gasteiger partial charge in [0, 0.05) is 6.54 Å². The molecule has 6 nitrogen and oxygen atoms in total. The van der Waals surface area contributed by atoms with Crippen LogP contribution in [0, 0.1) is 11.8 Å². The third-order valence-electron chi connectivity index (χ3n) is 3.84. The predicted octanol–water partition coefficient (Wildman–Crippen LogP) is 2.52. The summed E-state index contributed by atoms with van der Waals surface area (Å²) < 4.78 is 10.1. The van der Waals surface area contributed by atoms with Crippen LogP contribution >= 0.6 is 0 Å². The van der Waals surface area contributed by atoms with E-state index in [2.05, 4.69) is 27.2 Å². The summed E-state index contributed by atoms with van der Waals surface area (Å²) in [7, 11) is 3.06. The number of hydrogen-bond donors (Lipinski definition) is 1. The summed E-state index contributed by atoms with van der Waals surface area (Å²) in [5.74, 6) is 2.19. The Hall–Kier alpha value is -1.59. The van der Waals surface area contributed by atoms with Gasteiger partial charge in [0.1, 0.15) is 0 Å². The molecule has 1 aliphatic rings. The zero-order valence-corrected chi connectivity index (χ0v) is 12.6. The molecule has 0 radical (unpaired) electrons. The molecule has 0 saturated heterocycles. The molecular formula is C14H24N4O2. The molecule has 1 aromatic rings. The van der Waals surface area contributed by atoms with Crippen LogP contribution in [0.15, 0.2) is 0 Å². The van der Waals surface area contributed by atoms with E-state index in [1.807, 2.05) is 0 Å². The van der Waals surface area contributed by atoms with Gasteiger partial charge < -0.3 is 14.8 Å². The van der Waals surface area contributed by atoms with Gasteiger partial charge in [0.15, 0.2) is 0 Å². The smallest absolute Gasteiger partial charge is 0.324 e. The average Bonchev–Trinajstić information content (AvgIpc) is 2.47. The van der Waals surface area contributed by atoms with Gasteiger partial charge in [-0.2, -0.15) is 9.97 Å². The molecule has 112 valence electrons. The fourth-order valence-electron chi connectivity index (χ4n) is 2.81. The van der Waals surface area contributed by atoms with Crippen LogP contribution in [0.4, 0.5) is 5.95 Å². The van der Waals surface area contributed by atoms with Crippen molar-refractivity contribution in [1.82, 2.24) is 15.0 Å². The number of methoxy groups -OCH3 is 2. The Labute approximate surface area is 120 Å². The summed E-state index contributed by atoms with van der Waals surface area (Å²) in [6.45, 7) is 3.22. The number of hydrogen-bond acceptors (Lipinski definition) is 6. The van der Waals surface area contributed by atoms with Crippen LogP contribution in [-0.2, 0) is 0 Å². The van der Waals surface area contributed by atoms with Crippen LogP contribution < -0.4 is 14.8 Å². The highest BCUT2D eigenvalue weighted by molar-refractivity contribution is 5.27. The molecule has 1 fully saturated rings. The number of rotatable bonds is 6. The van der Waals surface area contributed by atoms with E-state index < -0.39 is 0 Å². The monoisotopic (exact) mass is 280 g/mol. The highest BCUT2D eigenvalue weighted by atomic mass is 16.5. The molecule has 1 heterocycles. The van der Waals surface area contributed by atoms with Gasteiger partial charge in [-0.1, -0.05) is 26.2 Å². The largest absolute Gasteiger partial charge is 0.467 e. The molecule has 1 N–H and O–H groups in total. The standard InChI is InChI=1S/C14H24N4O2/c1-10-5-4-6-11(9-10)7-8-15-12-16-13(19-2)18-14(17-12)20-3/h10-11H,4-9H2,1-3H3,(H,15,16,17,18). The van der Waals surface area contributed by atoms with Crippen molar-refractivity contribution in [2.24, 2.45) is 11.8 Å². The number of ether oxygens (including phenoxy) is 2. The minimum atomic E-state index is 0.269. The number of anilines is 1. The van der Waals surface area contributed by atoms with E-state index in [-0.39, 0.29) is 12.0 Å². The molecule has 6 heteroatoms. The Balaban J connectivity index is 1.84. The second-order valence-electron chi connectivity index (χ2n) is 5.49. The quantitative estimate of drug-likeness (QED) is 0.863. The van der Waals surface area contributed by atoms with E-state index in [0.717, 1.165) is 24.8 Å². The first-order chi connectivity index (χ1) is 9.71. The maximum absolute atomic E-state index is 5.03. The number of nitrogens with one attached hydrogen (secondary N) is 1. The second kappa shape index (κ2) is 7.26. The summed E-state index contributed by atoms with van der Waals surface area (Å²) in [5, 5.41) is 3.23. The van der Waals surface area contributed by atoms with Crippen LogP contribution in [0.2, 0.25) is 0 Å². The van der Waals surface area contributed by atoms with Gasteiger partial charge in [-0.15, -0.1) is 4.98 Å². The van der Waals surface area contributed by atoms with Crippen molar-refractivity contribution >= 4 is 5.95 Å². The van der Waals surface area contributed by atoms with E-state index in [1.165, 1.54) is 39.9 Å². The van der Waals surface area contributed by atoms with Gasteiger partial charge in [0.25, 0.3) is 0 Å². The normalized spacial score (nSPS) is 22.4. The third kappa shape index (κ3) is 4.21. The van der Waals surface area contributed by atoms with Crippen molar-refractivity contribution in [3.8, 4) is 12.0 Å². The lowest BCUT2D eigenvalue weighted by molar-refractivity contribution is 0.274. The average molecular weight is 280 g/mol. The van der Waals surface area contributed by atoms with Gasteiger partial charge in [0.05, 0.1) is 14.2 Å². The van der Waals surface area contributed by atoms with Gasteiger partial charge in [-0.05, 0) is 24.7 Å². The van der Waals surface area contributed by atoms with Gasteiger partial charge >= 0.3 is 12.0 Å². The predicted molar refractivity (Wildman–Crippen MR) is 77.2 cm³/mol. The Morgan fingerprint density at radius 1 is 1.10 bits per heavy atom. The molecule has 1 aliphatic carbocycles. The summed E-state index contributed by atoms with van der Waals surface area (Å²) in [6.07, 6.45) is 6.58. The molecular weight excluding hydrogens is 256 g/mol.